The SMILES string of the molecule is COc1ncnc2ccc(-c3c[nH]c4ncc(Nc5ccnc(N6CCN(C)CC6)c5)cc34)cc12. The number of rotatable bonds is 5. The summed E-state index contributed by atoms with van der Waals surface area (Å²) in [6.07, 6.45) is 7.20. The first kappa shape index (κ1) is 21.3. The van der Waals surface area contributed by atoms with E-state index in [0.717, 1.165) is 76.4 Å². The number of hydrogen-bond donors (Lipinski definition) is 2. The maximum Gasteiger partial charge on any atom is 0.224 e. The molecule has 176 valence electrons. The van der Waals surface area contributed by atoms with Gasteiger partial charge < -0.3 is 24.8 Å². The normalized spacial score (nSPS) is 14.5. The molecule has 0 amide bonds. The molecular weight excluding hydrogens is 440 g/mol. The lowest BCUT2D eigenvalue weighted by Gasteiger charge is -2.33. The molecule has 2 N–H and O–H groups in total. The molecule has 1 fully saturated rings. The standard InChI is InChI=1S/C26H26N8O/c1-33-7-9-34(10-8-33)24-13-18(5-6-27-24)32-19-12-20-22(15-29-25(20)28-14-19)17-3-4-23-21(11-17)26(35-2)31-16-30-23/h3-6,11-16H,7-10H2,1-2H3,(H,27,32)(H,28,29). The molecule has 35 heavy (non-hydrogen) atoms. The van der Waals surface area contributed by atoms with E-state index in [1.807, 2.05) is 30.7 Å². The topological polar surface area (TPSA) is 95.1 Å². The van der Waals surface area contributed by atoms with Crippen LogP contribution in [0.15, 0.2) is 61.3 Å². The second kappa shape index (κ2) is 8.84. The summed E-state index contributed by atoms with van der Waals surface area (Å²) in [5.74, 6) is 1.55. The van der Waals surface area contributed by atoms with Crippen molar-refractivity contribution in [3.8, 4) is 17.0 Å². The molecule has 0 bridgehead atoms. The summed E-state index contributed by atoms with van der Waals surface area (Å²) >= 11 is 0. The van der Waals surface area contributed by atoms with Crippen LogP contribution in [0.5, 0.6) is 5.88 Å². The first-order chi connectivity index (χ1) is 17.2. The maximum absolute atomic E-state index is 5.44. The number of H-pyrrole nitrogens is 1. The predicted octanol–water partition coefficient (Wildman–Crippen LogP) is 4.07. The van der Waals surface area contributed by atoms with Crippen molar-refractivity contribution in [2.24, 2.45) is 0 Å². The highest BCUT2D eigenvalue weighted by molar-refractivity contribution is 5.98. The molecule has 1 aromatic carbocycles. The number of nitrogens with one attached hydrogen (secondary N) is 2. The van der Waals surface area contributed by atoms with Gasteiger partial charge in [0.1, 0.15) is 17.8 Å². The van der Waals surface area contributed by atoms with Crippen LogP contribution in [0.2, 0.25) is 0 Å². The van der Waals surface area contributed by atoms with Crippen LogP contribution >= 0.6 is 0 Å². The second-order valence-electron chi connectivity index (χ2n) is 8.76. The van der Waals surface area contributed by atoms with Gasteiger partial charge in [-0.15, -0.1) is 0 Å². The number of likely N-dealkylation sites (N-methyl/N-ethyl adjacent to an activating group) is 1. The number of fused-ring (bicyclic) bond motifs is 2. The van der Waals surface area contributed by atoms with Gasteiger partial charge in [-0.25, -0.2) is 19.9 Å². The number of nitrogens with zero attached hydrogens (tertiary/aromatic N) is 6. The molecule has 9 nitrogen and oxygen atoms in total. The number of piperazine rings is 1. The first-order valence-corrected chi connectivity index (χ1v) is 11.6. The molecule has 0 atom stereocenters. The van der Waals surface area contributed by atoms with E-state index in [1.165, 1.54) is 6.33 Å². The smallest absolute Gasteiger partial charge is 0.224 e. The molecule has 5 heterocycles. The van der Waals surface area contributed by atoms with Crippen molar-refractivity contribution in [1.29, 1.82) is 0 Å². The number of aromatic nitrogens is 5. The Morgan fingerprint density at radius 2 is 1.80 bits per heavy atom. The molecule has 4 aromatic heterocycles. The fraction of sp³-hybridized carbons (Fsp3) is 0.231. The molecule has 0 saturated carbocycles. The Labute approximate surface area is 202 Å². The minimum Gasteiger partial charge on any atom is -0.480 e. The van der Waals surface area contributed by atoms with E-state index in [2.05, 4.69) is 71.3 Å². The van der Waals surface area contributed by atoms with Crippen molar-refractivity contribution in [1.82, 2.24) is 29.8 Å². The number of pyridine rings is 2. The lowest BCUT2D eigenvalue weighted by atomic mass is 10.0. The van der Waals surface area contributed by atoms with E-state index in [0.29, 0.717) is 5.88 Å². The van der Waals surface area contributed by atoms with Crippen molar-refractivity contribution in [3.63, 3.8) is 0 Å². The maximum atomic E-state index is 5.44. The first-order valence-electron chi connectivity index (χ1n) is 11.6. The average molecular weight is 467 g/mol. The molecule has 6 rings (SSSR count). The highest BCUT2D eigenvalue weighted by atomic mass is 16.5. The Bertz CT molecular complexity index is 1510. The van der Waals surface area contributed by atoms with E-state index >= 15 is 0 Å². The van der Waals surface area contributed by atoms with E-state index in [4.69, 9.17) is 4.74 Å². The van der Waals surface area contributed by atoms with Crippen LogP contribution in [-0.2, 0) is 0 Å². The quantitative estimate of drug-likeness (QED) is 0.400. The van der Waals surface area contributed by atoms with Crippen LogP contribution in [-0.4, -0.2) is 70.2 Å². The highest BCUT2D eigenvalue weighted by Gasteiger charge is 2.16. The molecule has 5 aromatic rings. The second-order valence-corrected chi connectivity index (χ2v) is 8.76. The third-order valence-electron chi connectivity index (χ3n) is 6.50. The van der Waals surface area contributed by atoms with Gasteiger partial charge in [0.2, 0.25) is 5.88 Å². The van der Waals surface area contributed by atoms with Crippen LogP contribution in [0, 0.1) is 0 Å². The van der Waals surface area contributed by atoms with Crippen molar-refractivity contribution >= 4 is 39.1 Å². The van der Waals surface area contributed by atoms with Crippen LogP contribution in [0.25, 0.3) is 33.1 Å². The van der Waals surface area contributed by atoms with Gasteiger partial charge in [-0.3, -0.25) is 0 Å². The predicted molar refractivity (Wildman–Crippen MR) is 138 cm³/mol. The zero-order valence-corrected chi connectivity index (χ0v) is 19.7. The Balaban J connectivity index is 1.31. The lowest BCUT2D eigenvalue weighted by molar-refractivity contribution is 0.312. The lowest BCUT2D eigenvalue weighted by Crippen LogP contribution is -2.44. The van der Waals surface area contributed by atoms with Gasteiger partial charge in [0.05, 0.1) is 29.9 Å². The third-order valence-corrected chi connectivity index (χ3v) is 6.50. The summed E-state index contributed by atoms with van der Waals surface area (Å²) in [7, 11) is 3.78. The third kappa shape index (κ3) is 4.10. The number of aromatic amines is 1. The van der Waals surface area contributed by atoms with Crippen molar-refractivity contribution in [2.45, 2.75) is 0 Å². The Morgan fingerprint density at radius 3 is 2.66 bits per heavy atom. The molecule has 0 spiro atoms. The summed E-state index contributed by atoms with van der Waals surface area (Å²) in [4.78, 5) is 25.8. The summed E-state index contributed by atoms with van der Waals surface area (Å²) in [5, 5.41) is 5.41. The van der Waals surface area contributed by atoms with E-state index in [1.54, 1.807) is 7.11 Å². The largest absolute Gasteiger partial charge is 0.480 e. The van der Waals surface area contributed by atoms with Gasteiger partial charge >= 0.3 is 0 Å². The molecule has 0 radical (unpaired) electrons. The molecule has 9 heteroatoms. The van der Waals surface area contributed by atoms with Crippen LogP contribution < -0.4 is 15.0 Å². The number of ether oxygens (including phenoxy) is 1. The van der Waals surface area contributed by atoms with Gasteiger partial charge in [-0.05, 0) is 36.9 Å². The summed E-state index contributed by atoms with van der Waals surface area (Å²) in [6, 6.07) is 12.3. The van der Waals surface area contributed by atoms with Crippen LogP contribution in [0.1, 0.15) is 0 Å². The van der Waals surface area contributed by atoms with Crippen molar-refractivity contribution < 1.29 is 4.74 Å². The van der Waals surface area contributed by atoms with Crippen LogP contribution in [0.3, 0.4) is 0 Å². The molecule has 0 aliphatic carbocycles. The minimum absolute atomic E-state index is 0.561. The Kier molecular flexibility index (Phi) is 5.38. The molecule has 1 aliphatic rings. The van der Waals surface area contributed by atoms with Crippen molar-refractivity contribution in [2.75, 3.05) is 50.6 Å². The molecular formula is C26H26N8O. The van der Waals surface area contributed by atoms with Gasteiger partial charge in [0.25, 0.3) is 0 Å². The number of hydrogen-bond acceptors (Lipinski definition) is 8. The summed E-state index contributed by atoms with van der Waals surface area (Å²) in [6.45, 7) is 4.05. The van der Waals surface area contributed by atoms with E-state index in [9.17, 15) is 0 Å². The van der Waals surface area contributed by atoms with Crippen molar-refractivity contribution in [3.05, 3.63) is 61.3 Å². The zero-order chi connectivity index (χ0) is 23.8. The summed E-state index contributed by atoms with van der Waals surface area (Å²) < 4.78 is 5.44. The number of benzene rings is 1. The Hall–Kier alpha value is -4.24. The molecule has 1 saturated heterocycles. The highest BCUT2D eigenvalue weighted by Crippen LogP contribution is 2.33. The molecule has 1 aliphatic heterocycles. The fourth-order valence-corrected chi connectivity index (χ4v) is 4.55. The summed E-state index contributed by atoms with van der Waals surface area (Å²) in [5.41, 5.74) is 5.66. The monoisotopic (exact) mass is 466 g/mol. The fourth-order valence-electron chi connectivity index (χ4n) is 4.55. The zero-order valence-electron chi connectivity index (χ0n) is 19.7. The number of methoxy groups -OCH3 is 1. The number of anilines is 3. The van der Waals surface area contributed by atoms with Gasteiger partial charge in [-0.1, -0.05) is 6.07 Å². The van der Waals surface area contributed by atoms with Gasteiger partial charge in [0, 0.05) is 61.3 Å². The Morgan fingerprint density at radius 1 is 0.914 bits per heavy atom. The average Bonchev–Trinajstić information content (AvgIpc) is 3.32. The van der Waals surface area contributed by atoms with E-state index < -0.39 is 0 Å². The molecule has 0 unspecified atom stereocenters. The minimum atomic E-state index is 0.561. The van der Waals surface area contributed by atoms with Crippen LogP contribution in [0.4, 0.5) is 17.2 Å². The van der Waals surface area contributed by atoms with Gasteiger partial charge in [-0.2, -0.15) is 0 Å². The van der Waals surface area contributed by atoms with Gasteiger partial charge in [0.15, 0.2) is 0 Å². The van der Waals surface area contributed by atoms with E-state index in [-0.39, 0.29) is 0 Å².